The van der Waals surface area contributed by atoms with Gasteiger partial charge in [0.15, 0.2) is 0 Å². The van der Waals surface area contributed by atoms with Gasteiger partial charge >= 0.3 is 5.97 Å². The number of carboxylic acids is 1. The van der Waals surface area contributed by atoms with Crippen LogP contribution >= 0.6 is 0 Å². The van der Waals surface area contributed by atoms with E-state index in [9.17, 15) is 9.59 Å². The molecule has 3 rings (SSSR count). The SMILES string of the molecule is CN(CC(=O)O)CC1CN(C(=O)c2ccc(C3CCCCC3)cc2)CCO1. The molecule has 1 aliphatic carbocycles. The quantitative estimate of drug-likeness (QED) is 0.829. The van der Waals surface area contributed by atoms with Crippen LogP contribution in [0.5, 0.6) is 0 Å². The lowest BCUT2D eigenvalue weighted by atomic mass is 9.84. The van der Waals surface area contributed by atoms with E-state index in [1.54, 1.807) is 11.9 Å². The van der Waals surface area contributed by atoms with Gasteiger partial charge in [-0.2, -0.15) is 0 Å². The van der Waals surface area contributed by atoms with Crippen LogP contribution in [-0.2, 0) is 9.53 Å². The Bertz CT molecular complexity index is 640. The molecule has 148 valence electrons. The summed E-state index contributed by atoms with van der Waals surface area (Å²) in [6, 6.07) is 8.13. The first kappa shape index (κ1) is 19.8. The summed E-state index contributed by atoms with van der Waals surface area (Å²) in [5.74, 6) is -0.195. The van der Waals surface area contributed by atoms with Crippen molar-refractivity contribution < 1.29 is 19.4 Å². The van der Waals surface area contributed by atoms with E-state index in [0.717, 1.165) is 0 Å². The van der Waals surface area contributed by atoms with Gasteiger partial charge in [0.1, 0.15) is 0 Å². The minimum atomic E-state index is -0.862. The monoisotopic (exact) mass is 374 g/mol. The van der Waals surface area contributed by atoms with Gasteiger partial charge in [0, 0.05) is 25.2 Å². The predicted octanol–water partition coefficient (Wildman–Crippen LogP) is 2.59. The Balaban J connectivity index is 1.57. The number of morpholine rings is 1. The molecule has 2 aliphatic rings. The van der Waals surface area contributed by atoms with Gasteiger partial charge in [0.25, 0.3) is 5.91 Å². The first-order valence-corrected chi connectivity index (χ1v) is 9.94. The number of ether oxygens (including phenoxy) is 1. The molecule has 0 aromatic heterocycles. The fraction of sp³-hybridized carbons (Fsp3) is 0.619. The number of rotatable bonds is 6. The number of likely N-dealkylation sites (N-methyl/N-ethyl adjacent to an activating group) is 1. The highest BCUT2D eigenvalue weighted by Gasteiger charge is 2.26. The normalized spacial score (nSPS) is 21.4. The molecule has 1 atom stereocenters. The van der Waals surface area contributed by atoms with E-state index in [1.807, 2.05) is 17.0 Å². The number of aliphatic carboxylic acids is 1. The van der Waals surface area contributed by atoms with Crippen molar-refractivity contribution in [2.24, 2.45) is 0 Å². The molecule has 1 N–H and O–H groups in total. The van der Waals surface area contributed by atoms with E-state index in [2.05, 4.69) is 12.1 Å². The van der Waals surface area contributed by atoms with Crippen molar-refractivity contribution in [1.29, 1.82) is 0 Å². The predicted molar refractivity (Wildman–Crippen MR) is 103 cm³/mol. The van der Waals surface area contributed by atoms with Crippen LogP contribution in [0.2, 0.25) is 0 Å². The van der Waals surface area contributed by atoms with Crippen molar-refractivity contribution in [3.8, 4) is 0 Å². The van der Waals surface area contributed by atoms with Crippen molar-refractivity contribution in [2.45, 2.75) is 44.1 Å². The average Bonchev–Trinajstić information content (AvgIpc) is 2.68. The third kappa shape index (κ3) is 5.53. The van der Waals surface area contributed by atoms with Crippen LogP contribution in [-0.4, -0.2) is 72.7 Å². The molecule has 1 heterocycles. The summed E-state index contributed by atoms with van der Waals surface area (Å²) >= 11 is 0. The van der Waals surface area contributed by atoms with Crippen LogP contribution < -0.4 is 0 Å². The summed E-state index contributed by atoms with van der Waals surface area (Å²) in [6.45, 7) is 2.01. The molecule has 6 nitrogen and oxygen atoms in total. The molecule has 1 saturated carbocycles. The first-order chi connectivity index (χ1) is 13.0. The Morgan fingerprint density at radius 1 is 1.19 bits per heavy atom. The lowest BCUT2D eigenvalue weighted by Gasteiger charge is -2.34. The third-order valence-corrected chi connectivity index (χ3v) is 5.58. The Labute approximate surface area is 161 Å². The van der Waals surface area contributed by atoms with Gasteiger partial charge in [-0.3, -0.25) is 14.5 Å². The Morgan fingerprint density at radius 3 is 2.56 bits per heavy atom. The highest BCUT2D eigenvalue weighted by atomic mass is 16.5. The summed E-state index contributed by atoms with van der Waals surface area (Å²) in [5.41, 5.74) is 2.07. The number of carbonyl (C=O) groups excluding carboxylic acids is 1. The lowest BCUT2D eigenvalue weighted by molar-refractivity contribution is -0.138. The fourth-order valence-corrected chi connectivity index (χ4v) is 4.17. The number of amides is 1. The number of nitrogens with zero attached hydrogens (tertiary/aromatic N) is 2. The second-order valence-electron chi connectivity index (χ2n) is 7.79. The molecule has 1 aliphatic heterocycles. The standard InChI is InChI=1S/C21H30N2O4/c1-22(15-20(24)25)13-19-14-23(11-12-27-19)21(26)18-9-7-17(8-10-18)16-5-3-2-4-6-16/h7-10,16,19H,2-6,11-15H2,1H3,(H,24,25). The summed E-state index contributed by atoms with van der Waals surface area (Å²) in [4.78, 5) is 27.2. The maximum Gasteiger partial charge on any atom is 0.317 e. The van der Waals surface area contributed by atoms with Crippen LogP contribution in [0.4, 0.5) is 0 Å². The van der Waals surface area contributed by atoms with Crippen molar-refractivity contribution in [3.05, 3.63) is 35.4 Å². The van der Waals surface area contributed by atoms with Crippen LogP contribution in [0.25, 0.3) is 0 Å². The van der Waals surface area contributed by atoms with Gasteiger partial charge in [-0.25, -0.2) is 0 Å². The summed E-state index contributed by atoms with van der Waals surface area (Å²) in [5, 5.41) is 8.87. The fourth-order valence-electron chi connectivity index (χ4n) is 4.17. The minimum Gasteiger partial charge on any atom is -0.480 e. The highest BCUT2D eigenvalue weighted by molar-refractivity contribution is 5.94. The van der Waals surface area contributed by atoms with Crippen molar-refractivity contribution in [3.63, 3.8) is 0 Å². The maximum atomic E-state index is 12.9. The van der Waals surface area contributed by atoms with E-state index < -0.39 is 5.97 Å². The van der Waals surface area contributed by atoms with E-state index >= 15 is 0 Å². The van der Waals surface area contributed by atoms with Gasteiger partial charge in [-0.1, -0.05) is 31.4 Å². The molecular weight excluding hydrogens is 344 g/mol. The summed E-state index contributed by atoms with van der Waals surface area (Å²) in [7, 11) is 1.75. The van der Waals surface area contributed by atoms with E-state index in [0.29, 0.717) is 37.7 Å². The van der Waals surface area contributed by atoms with Crippen LogP contribution in [0.1, 0.15) is 53.9 Å². The number of hydrogen-bond acceptors (Lipinski definition) is 4. The number of benzene rings is 1. The zero-order valence-corrected chi connectivity index (χ0v) is 16.1. The number of carboxylic acid groups (broad SMARTS) is 1. The number of carbonyl (C=O) groups is 2. The largest absolute Gasteiger partial charge is 0.480 e. The molecular formula is C21H30N2O4. The molecule has 0 spiro atoms. The minimum absolute atomic E-state index is 0.0272. The van der Waals surface area contributed by atoms with Gasteiger partial charge < -0.3 is 14.7 Å². The highest BCUT2D eigenvalue weighted by Crippen LogP contribution is 2.32. The Kier molecular flexibility index (Phi) is 6.85. The van der Waals surface area contributed by atoms with E-state index in [4.69, 9.17) is 9.84 Å². The first-order valence-electron chi connectivity index (χ1n) is 9.94. The van der Waals surface area contributed by atoms with Gasteiger partial charge in [-0.15, -0.1) is 0 Å². The van der Waals surface area contributed by atoms with Crippen molar-refractivity contribution >= 4 is 11.9 Å². The Morgan fingerprint density at radius 2 is 1.89 bits per heavy atom. The average molecular weight is 374 g/mol. The smallest absolute Gasteiger partial charge is 0.317 e. The zero-order valence-electron chi connectivity index (χ0n) is 16.1. The molecule has 2 fully saturated rings. The molecule has 0 bridgehead atoms. The van der Waals surface area contributed by atoms with Crippen molar-refractivity contribution in [1.82, 2.24) is 9.80 Å². The number of hydrogen-bond donors (Lipinski definition) is 1. The van der Waals surface area contributed by atoms with Crippen LogP contribution in [0.3, 0.4) is 0 Å². The molecule has 1 amide bonds. The summed E-state index contributed by atoms with van der Waals surface area (Å²) < 4.78 is 5.72. The van der Waals surface area contributed by atoms with Gasteiger partial charge in [0.05, 0.1) is 19.3 Å². The second kappa shape index (κ2) is 9.33. The molecule has 1 aromatic carbocycles. The van der Waals surface area contributed by atoms with Crippen LogP contribution in [0, 0.1) is 0 Å². The molecule has 1 unspecified atom stereocenters. The molecule has 1 aromatic rings. The second-order valence-corrected chi connectivity index (χ2v) is 7.79. The Hall–Kier alpha value is -1.92. The van der Waals surface area contributed by atoms with Gasteiger partial charge in [-0.05, 0) is 43.5 Å². The lowest BCUT2D eigenvalue weighted by Crippen LogP contribution is -2.49. The molecule has 0 radical (unpaired) electrons. The van der Waals surface area contributed by atoms with Gasteiger partial charge in [0.2, 0.25) is 0 Å². The molecule has 6 heteroatoms. The summed E-state index contributed by atoms with van der Waals surface area (Å²) in [6.07, 6.45) is 6.29. The molecule has 27 heavy (non-hydrogen) atoms. The molecule has 1 saturated heterocycles. The van der Waals surface area contributed by atoms with E-state index in [-0.39, 0.29) is 18.6 Å². The maximum absolute atomic E-state index is 12.9. The van der Waals surface area contributed by atoms with Crippen molar-refractivity contribution in [2.75, 3.05) is 39.8 Å². The van der Waals surface area contributed by atoms with Crippen LogP contribution in [0.15, 0.2) is 24.3 Å². The zero-order chi connectivity index (χ0) is 19.2. The third-order valence-electron chi connectivity index (χ3n) is 5.58. The van der Waals surface area contributed by atoms with E-state index in [1.165, 1.54) is 37.7 Å². The topological polar surface area (TPSA) is 70.1 Å².